The monoisotopic (exact) mass is 321 g/mol. The van der Waals surface area contributed by atoms with Crippen LogP contribution >= 0.6 is 0 Å². The van der Waals surface area contributed by atoms with E-state index < -0.39 is 11.2 Å². The van der Waals surface area contributed by atoms with Crippen molar-refractivity contribution >= 4 is 5.91 Å². The lowest BCUT2D eigenvalue weighted by Crippen LogP contribution is -2.37. The molecule has 1 N–H and O–H groups in total. The van der Waals surface area contributed by atoms with Crippen LogP contribution in [0.5, 0.6) is 0 Å². The van der Waals surface area contributed by atoms with E-state index in [1.807, 2.05) is 13.8 Å². The summed E-state index contributed by atoms with van der Waals surface area (Å²) in [6.45, 7) is 5.41. The summed E-state index contributed by atoms with van der Waals surface area (Å²) in [5.74, 6) is 0.706. The van der Waals surface area contributed by atoms with Crippen molar-refractivity contribution in [1.29, 1.82) is 0 Å². The van der Waals surface area contributed by atoms with Gasteiger partial charge in [0.1, 0.15) is 6.54 Å². The predicted octanol–water partition coefficient (Wildman–Crippen LogP) is 0.0100. The Bertz CT molecular complexity index is 817. The molecule has 2 aromatic rings. The number of aromatic amines is 1. The summed E-state index contributed by atoms with van der Waals surface area (Å²) in [5, 5.41) is 3.81. The molecule has 0 spiro atoms. The second-order valence-electron chi connectivity index (χ2n) is 5.65. The van der Waals surface area contributed by atoms with Gasteiger partial charge in [-0.05, 0) is 6.92 Å². The first-order valence-electron chi connectivity index (χ1n) is 7.14. The lowest BCUT2D eigenvalue weighted by atomic mass is 10.2. The Morgan fingerprint density at radius 1 is 1.43 bits per heavy atom. The van der Waals surface area contributed by atoms with Gasteiger partial charge in [-0.2, -0.15) is 4.98 Å². The quantitative estimate of drug-likeness (QED) is 0.829. The van der Waals surface area contributed by atoms with Crippen LogP contribution in [0.25, 0.3) is 0 Å². The Morgan fingerprint density at radius 2 is 2.13 bits per heavy atom. The Hall–Kier alpha value is -2.71. The Balaban J connectivity index is 2.06. The molecule has 0 aliphatic rings. The highest BCUT2D eigenvalue weighted by Crippen LogP contribution is 2.11. The molecule has 9 nitrogen and oxygen atoms in total. The topological polar surface area (TPSA) is 114 Å². The first kappa shape index (κ1) is 16.7. The minimum atomic E-state index is -0.621. The molecule has 2 heterocycles. The van der Waals surface area contributed by atoms with Crippen molar-refractivity contribution in [3.05, 3.63) is 44.3 Å². The molecule has 0 radical (unpaired) electrons. The van der Waals surface area contributed by atoms with Crippen molar-refractivity contribution in [3.63, 3.8) is 0 Å². The molecule has 0 aliphatic carbocycles. The van der Waals surface area contributed by atoms with Crippen LogP contribution in [-0.4, -0.2) is 37.5 Å². The average molecular weight is 321 g/mol. The normalized spacial score (nSPS) is 11.0. The minimum Gasteiger partial charge on any atom is -0.339 e. The van der Waals surface area contributed by atoms with Crippen LogP contribution in [0.2, 0.25) is 0 Å². The lowest BCUT2D eigenvalue weighted by molar-refractivity contribution is -0.131. The highest BCUT2D eigenvalue weighted by atomic mass is 16.5. The number of nitrogens with zero attached hydrogens (tertiary/aromatic N) is 4. The van der Waals surface area contributed by atoms with Crippen LogP contribution in [0, 0.1) is 6.92 Å². The number of nitrogens with one attached hydrogen (secondary N) is 1. The molecule has 124 valence electrons. The minimum absolute atomic E-state index is 0.111. The molecule has 0 bridgehead atoms. The molecule has 0 atom stereocenters. The molecule has 0 aromatic carbocycles. The van der Waals surface area contributed by atoms with E-state index in [-0.39, 0.29) is 24.9 Å². The third-order valence-electron chi connectivity index (χ3n) is 3.28. The highest BCUT2D eigenvalue weighted by Gasteiger charge is 2.16. The second-order valence-corrected chi connectivity index (χ2v) is 5.65. The molecule has 2 aromatic heterocycles. The van der Waals surface area contributed by atoms with Crippen LogP contribution < -0.4 is 11.2 Å². The van der Waals surface area contributed by atoms with Crippen LogP contribution in [0.3, 0.4) is 0 Å². The number of amides is 1. The fourth-order valence-corrected chi connectivity index (χ4v) is 1.87. The maximum atomic E-state index is 12.2. The van der Waals surface area contributed by atoms with Crippen molar-refractivity contribution in [1.82, 2.24) is 24.6 Å². The summed E-state index contributed by atoms with van der Waals surface area (Å²) in [6, 6.07) is 0. The Labute approximate surface area is 131 Å². The van der Waals surface area contributed by atoms with Gasteiger partial charge in [0.05, 0.1) is 6.54 Å². The van der Waals surface area contributed by atoms with E-state index in [1.54, 1.807) is 14.0 Å². The largest absolute Gasteiger partial charge is 0.339 e. The van der Waals surface area contributed by atoms with Crippen molar-refractivity contribution in [2.24, 2.45) is 0 Å². The van der Waals surface area contributed by atoms with Crippen LogP contribution in [0.4, 0.5) is 0 Å². The molecule has 0 unspecified atom stereocenters. The molecule has 0 saturated heterocycles. The van der Waals surface area contributed by atoms with Crippen molar-refractivity contribution in [2.75, 3.05) is 7.05 Å². The number of rotatable bonds is 5. The van der Waals surface area contributed by atoms with Gasteiger partial charge >= 0.3 is 5.69 Å². The van der Waals surface area contributed by atoms with Gasteiger partial charge in [0.25, 0.3) is 5.56 Å². The van der Waals surface area contributed by atoms with E-state index in [0.717, 1.165) is 4.57 Å². The summed E-state index contributed by atoms with van der Waals surface area (Å²) in [4.78, 5) is 42.9. The molecule has 2 rings (SSSR count). The third kappa shape index (κ3) is 3.93. The summed E-state index contributed by atoms with van der Waals surface area (Å²) in [7, 11) is 1.58. The van der Waals surface area contributed by atoms with Crippen molar-refractivity contribution in [2.45, 2.75) is 39.8 Å². The number of carbonyl (C=O) groups excluding carboxylic acids is 1. The predicted molar refractivity (Wildman–Crippen MR) is 80.9 cm³/mol. The number of H-pyrrole nitrogens is 1. The molecular weight excluding hydrogens is 302 g/mol. The van der Waals surface area contributed by atoms with Gasteiger partial charge in [-0.15, -0.1) is 0 Å². The zero-order valence-corrected chi connectivity index (χ0v) is 13.5. The zero-order valence-electron chi connectivity index (χ0n) is 13.5. The molecule has 0 fully saturated rings. The second kappa shape index (κ2) is 6.59. The summed E-state index contributed by atoms with van der Waals surface area (Å²) >= 11 is 0. The van der Waals surface area contributed by atoms with E-state index in [9.17, 15) is 14.4 Å². The lowest BCUT2D eigenvalue weighted by Gasteiger charge is -2.15. The molecule has 23 heavy (non-hydrogen) atoms. The Morgan fingerprint density at radius 3 is 2.74 bits per heavy atom. The maximum Gasteiger partial charge on any atom is 0.328 e. The number of aromatic nitrogens is 4. The number of hydrogen-bond donors (Lipinski definition) is 1. The van der Waals surface area contributed by atoms with Crippen LogP contribution in [-0.2, 0) is 17.9 Å². The van der Waals surface area contributed by atoms with Gasteiger partial charge in [0.15, 0.2) is 5.82 Å². The van der Waals surface area contributed by atoms with Gasteiger partial charge in [0, 0.05) is 24.7 Å². The summed E-state index contributed by atoms with van der Waals surface area (Å²) < 4.78 is 6.24. The summed E-state index contributed by atoms with van der Waals surface area (Å²) in [5.41, 5.74) is -0.719. The van der Waals surface area contributed by atoms with Gasteiger partial charge in [-0.1, -0.05) is 19.0 Å². The zero-order chi connectivity index (χ0) is 17.1. The van der Waals surface area contributed by atoms with Crippen LogP contribution in [0.15, 0.2) is 20.3 Å². The fourth-order valence-electron chi connectivity index (χ4n) is 1.87. The first-order chi connectivity index (χ1) is 10.8. The molecule has 1 amide bonds. The SMILES string of the molecule is Cc1cn(CC(=O)N(C)Cc2noc(C(C)C)n2)c(=O)[nH]c1=O. The molecule has 0 saturated carbocycles. The molecular formula is C14H19N5O4. The standard InChI is InChI=1S/C14H19N5O4/c1-8(2)13-15-10(17-23-13)6-18(4)11(20)7-19-5-9(3)12(21)16-14(19)22/h5,8H,6-7H2,1-4H3,(H,16,21,22). The van der Waals surface area contributed by atoms with Gasteiger partial charge in [-0.25, -0.2) is 4.79 Å². The van der Waals surface area contributed by atoms with Crippen molar-refractivity contribution < 1.29 is 9.32 Å². The van der Waals surface area contributed by atoms with Gasteiger partial charge < -0.3 is 9.42 Å². The smallest absolute Gasteiger partial charge is 0.328 e. The van der Waals surface area contributed by atoms with E-state index in [1.165, 1.54) is 11.1 Å². The van der Waals surface area contributed by atoms with Crippen molar-refractivity contribution in [3.8, 4) is 0 Å². The Kier molecular flexibility index (Phi) is 4.77. The van der Waals surface area contributed by atoms with Gasteiger partial charge in [-0.3, -0.25) is 19.1 Å². The fraction of sp³-hybridized carbons (Fsp3) is 0.500. The van der Waals surface area contributed by atoms with E-state index >= 15 is 0 Å². The van der Waals surface area contributed by atoms with E-state index in [0.29, 0.717) is 17.3 Å². The van der Waals surface area contributed by atoms with Gasteiger partial charge in [0.2, 0.25) is 11.8 Å². The maximum absolute atomic E-state index is 12.2. The van der Waals surface area contributed by atoms with E-state index in [4.69, 9.17) is 4.52 Å². The number of hydrogen-bond acceptors (Lipinski definition) is 6. The van der Waals surface area contributed by atoms with Crippen LogP contribution in [0.1, 0.15) is 37.0 Å². The number of likely N-dealkylation sites (N-methyl/N-ethyl adjacent to an activating group) is 1. The molecule has 0 aliphatic heterocycles. The molecule has 9 heteroatoms. The third-order valence-corrected chi connectivity index (χ3v) is 3.28. The highest BCUT2D eigenvalue weighted by molar-refractivity contribution is 5.75. The van der Waals surface area contributed by atoms with E-state index in [2.05, 4.69) is 15.1 Å². The first-order valence-corrected chi connectivity index (χ1v) is 7.14. The average Bonchev–Trinajstić information content (AvgIpc) is 2.93. The number of aryl methyl sites for hydroxylation is 1. The summed E-state index contributed by atoms with van der Waals surface area (Å²) in [6.07, 6.45) is 1.36. The number of carbonyl (C=O) groups is 1.